The normalized spacial score (nSPS) is 19.9. The van der Waals surface area contributed by atoms with Crippen LogP contribution in [-0.4, -0.2) is 29.2 Å². The van der Waals surface area contributed by atoms with E-state index in [1.165, 1.54) is 6.42 Å². The van der Waals surface area contributed by atoms with Crippen molar-refractivity contribution < 1.29 is 17.9 Å². The van der Waals surface area contributed by atoms with Crippen LogP contribution in [0.15, 0.2) is 12.3 Å². The van der Waals surface area contributed by atoms with E-state index < -0.39 is 11.9 Å². The third-order valence-corrected chi connectivity index (χ3v) is 3.21. The molecule has 4 nitrogen and oxygen atoms in total. The Morgan fingerprint density at radius 1 is 1.35 bits per heavy atom. The van der Waals surface area contributed by atoms with Gasteiger partial charge in [0.2, 0.25) is 5.95 Å². The van der Waals surface area contributed by atoms with Gasteiger partial charge in [-0.05, 0) is 38.2 Å². The van der Waals surface area contributed by atoms with Gasteiger partial charge >= 0.3 is 6.18 Å². The Morgan fingerprint density at radius 3 is 2.90 bits per heavy atom. The van der Waals surface area contributed by atoms with Crippen molar-refractivity contribution in [2.45, 2.75) is 44.4 Å². The molecular weight excluding hydrogens is 271 g/mol. The van der Waals surface area contributed by atoms with Crippen LogP contribution in [0.4, 0.5) is 19.1 Å². The van der Waals surface area contributed by atoms with Crippen molar-refractivity contribution in [3.8, 4) is 0 Å². The smallest absolute Gasteiger partial charge is 0.378 e. The summed E-state index contributed by atoms with van der Waals surface area (Å²) in [5.41, 5.74) is -0.925. The van der Waals surface area contributed by atoms with Gasteiger partial charge in [0, 0.05) is 19.3 Å². The van der Waals surface area contributed by atoms with E-state index >= 15 is 0 Å². The van der Waals surface area contributed by atoms with Gasteiger partial charge in [0.1, 0.15) is 5.69 Å². The number of nitrogens with zero attached hydrogens (tertiary/aromatic N) is 2. The van der Waals surface area contributed by atoms with E-state index in [0.29, 0.717) is 6.54 Å². The Balaban J connectivity index is 1.73. The van der Waals surface area contributed by atoms with Crippen molar-refractivity contribution in [3.05, 3.63) is 18.0 Å². The van der Waals surface area contributed by atoms with Crippen LogP contribution < -0.4 is 5.32 Å². The molecule has 1 aromatic rings. The summed E-state index contributed by atoms with van der Waals surface area (Å²) < 4.78 is 43.0. The average molecular weight is 289 g/mol. The first-order valence-electron chi connectivity index (χ1n) is 6.81. The van der Waals surface area contributed by atoms with Crippen molar-refractivity contribution in [1.29, 1.82) is 0 Å². The number of aromatic nitrogens is 2. The second-order valence-corrected chi connectivity index (χ2v) is 4.82. The Kier molecular flexibility index (Phi) is 5.17. The zero-order chi connectivity index (χ0) is 14.4. The summed E-state index contributed by atoms with van der Waals surface area (Å²) in [4.78, 5) is 7.23. The van der Waals surface area contributed by atoms with E-state index in [2.05, 4.69) is 15.3 Å². The maximum absolute atomic E-state index is 12.5. The molecule has 2 rings (SSSR count). The number of hydrogen-bond donors (Lipinski definition) is 1. The fraction of sp³-hybridized carbons (Fsp3) is 0.692. The van der Waals surface area contributed by atoms with Crippen molar-refractivity contribution >= 4 is 5.95 Å². The standard InChI is InChI=1S/C13H18F3N3O/c14-13(15,16)11-6-8-18-12(19-11)17-7-3-5-10-4-1-2-9-20-10/h6,8,10H,1-5,7,9H2,(H,17,18,19)/t10-/m0/s1. The van der Waals surface area contributed by atoms with Crippen molar-refractivity contribution in [1.82, 2.24) is 9.97 Å². The summed E-state index contributed by atoms with van der Waals surface area (Å²) in [6.07, 6.45) is 2.07. The topological polar surface area (TPSA) is 47.0 Å². The molecule has 112 valence electrons. The summed E-state index contributed by atoms with van der Waals surface area (Å²) in [5, 5.41) is 2.82. The van der Waals surface area contributed by atoms with Gasteiger partial charge in [-0.1, -0.05) is 0 Å². The summed E-state index contributed by atoms with van der Waals surface area (Å²) >= 11 is 0. The van der Waals surface area contributed by atoms with Gasteiger partial charge in [-0.3, -0.25) is 0 Å². The van der Waals surface area contributed by atoms with Crippen LogP contribution >= 0.6 is 0 Å². The minimum atomic E-state index is -4.44. The molecule has 2 heterocycles. The van der Waals surface area contributed by atoms with Gasteiger partial charge in [0.05, 0.1) is 6.10 Å². The molecule has 7 heteroatoms. The number of hydrogen-bond acceptors (Lipinski definition) is 4. The molecule has 1 aromatic heterocycles. The van der Waals surface area contributed by atoms with Crippen LogP contribution in [-0.2, 0) is 10.9 Å². The largest absolute Gasteiger partial charge is 0.433 e. The van der Waals surface area contributed by atoms with Gasteiger partial charge in [-0.15, -0.1) is 0 Å². The molecule has 1 saturated heterocycles. The summed E-state index contributed by atoms with van der Waals surface area (Å²) in [6.45, 7) is 1.36. The highest BCUT2D eigenvalue weighted by Gasteiger charge is 2.32. The predicted octanol–water partition coefficient (Wildman–Crippen LogP) is 3.26. The van der Waals surface area contributed by atoms with Crippen LogP contribution in [0, 0.1) is 0 Å². The summed E-state index contributed by atoms with van der Waals surface area (Å²) in [7, 11) is 0. The molecule has 0 saturated carbocycles. The molecule has 0 aromatic carbocycles. The van der Waals surface area contributed by atoms with Crippen LogP contribution in [0.1, 0.15) is 37.8 Å². The Hall–Kier alpha value is -1.37. The Bertz CT molecular complexity index is 420. The molecule has 0 bridgehead atoms. The van der Waals surface area contributed by atoms with E-state index in [1.54, 1.807) is 0 Å². The summed E-state index contributed by atoms with van der Waals surface area (Å²) in [5.74, 6) is 0.0180. The van der Waals surface area contributed by atoms with Gasteiger partial charge in [0.15, 0.2) is 0 Å². The maximum atomic E-state index is 12.5. The minimum absolute atomic E-state index is 0.0180. The van der Waals surface area contributed by atoms with Crippen molar-refractivity contribution in [2.75, 3.05) is 18.5 Å². The molecule has 0 radical (unpaired) electrons. The number of rotatable bonds is 5. The molecule has 1 N–H and O–H groups in total. The molecule has 0 unspecified atom stereocenters. The predicted molar refractivity (Wildman–Crippen MR) is 68.3 cm³/mol. The average Bonchev–Trinajstić information content (AvgIpc) is 2.44. The number of anilines is 1. The van der Waals surface area contributed by atoms with Crippen molar-refractivity contribution in [2.24, 2.45) is 0 Å². The molecule has 1 aliphatic rings. The molecule has 0 aliphatic carbocycles. The second-order valence-electron chi connectivity index (χ2n) is 4.82. The van der Waals surface area contributed by atoms with Gasteiger partial charge in [-0.2, -0.15) is 13.2 Å². The lowest BCUT2D eigenvalue weighted by Crippen LogP contribution is -2.20. The Morgan fingerprint density at radius 2 is 2.20 bits per heavy atom. The molecule has 0 spiro atoms. The fourth-order valence-corrected chi connectivity index (χ4v) is 2.17. The van der Waals surface area contributed by atoms with Crippen LogP contribution in [0.2, 0.25) is 0 Å². The fourth-order valence-electron chi connectivity index (χ4n) is 2.17. The van der Waals surface area contributed by atoms with Crippen LogP contribution in [0.3, 0.4) is 0 Å². The minimum Gasteiger partial charge on any atom is -0.378 e. The SMILES string of the molecule is FC(F)(F)c1ccnc(NCCC[C@@H]2CCCCO2)n1. The van der Waals surface area contributed by atoms with Gasteiger partial charge < -0.3 is 10.1 Å². The van der Waals surface area contributed by atoms with Crippen molar-refractivity contribution in [3.63, 3.8) is 0 Å². The monoisotopic (exact) mass is 289 g/mol. The lowest BCUT2D eigenvalue weighted by Gasteiger charge is -2.22. The lowest BCUT2D eigenvalue weighted by atomic mass is 10.0. The second kappa shape index (κ2) is 6.88. The molecule has 1 fully saturated rings. The van der Waals surface area contributed by atoms with E-state index in [-0.39, 0.29) is 12.1 Å². The highest BCUT2D eigenvalue weighted by atomic mass is 19.4. The van der Waals surface area contributed by atoms with E-state index in [1.807, 2.05) is 0 Å². The lowest BCUT2D eigenvalue weighted by molar-refractivity contribution is -0.141. The van der Waals surface area contributed by atoms with E-state index in [4.69, 9.17) is 4.74 Å². The van der Waals surface area contributed by atoms with Gasteiger partial charge in [0.25, 0.3) is 0 Å². The molecular formula is C13H18F3N3O. The van der Waals surface area contributed by atoms with Gasteiger partial charge in [-0.25, -0.2) is 9.97 Å². The van der Waals surface area contributed by atoms with E-state index in [0.717, 1.165) is 44.6 Å². The van der Waals surface area contributed by atoms with Crippen LogP contribution in [0.5, 0.6) is 0 Å². The molecule has 1 aliphatic heterocycles. The highest BCUT2D eigenvalue weighted by Crippen LogP contribution is 2.27. The van der Waals surface area contributed by atoms with E-state index in [9.17, 15) is 13.2 Å². The maximum Gasteiger partial charge on any atom is 0.433 e. The summed E-state index contributed by atoms with van der Waals surface area (Å²) in [6, 6.07) is 0.862. The molecule has 0 amide bonds. The molecule has 20 heavy (non-hydrogen) atoms. The number of alkyl halides is 3. The number of halogens is 3. The zero-order valence-corrected chi connectivity index (χ0v) is 11.1. The highest BCUT2D eigenvalue weighted by molar-refractivity contribution is 5.25. The quantitative estimate of drug-likeness (QED) is 0.845. The zero-order valence-electron chi connectivity index (χ0n) is 11.1. The van der Waals surface area contributed by atoms with Crippen LogP contribution in [0.25, 0.3) is 0 Å². The number of ether oxygens (including phenoxy) is 1. The third-order valence-electron chi connectivity index (χ3n) is 3.21. The molecule has 1 atom stereocenters. The Labute approximate surface area is 115 Å². The first-order valence-corrected chi connectivity index (χ1v) is 6.81. The number of nitrogens with one attached hydrogen (secondary N) is 1. The third kappa shape index (κ3) is 4.63. The first kappa shape index (κ1) is 15.0. The first-order chi connectivity index (χ1) is 9.55.